The molecule has 3 aromatic rings. The lowest BCUT2D eigenvalue weighted by Gasteiger charge is -2.34. The molecule has 1 saturated heterocycles. The van der Waals surface area contributed by atoms with Crippen LogP contribution in [0.5, 0.6) is 0 Å². The van der Waals surface area contributed by atoms with E-state index in [0.717, 1.165) is 21.1 Å². The van der Waals surface area contributed by atoms with Gasteiger partial charge in [0.1, 0.15) is 0 Å². The number of rotatable bonds is 7. The molecule has 1 aliphatic rings. The van der Waals surface area contributed by atoms with Gasteiger partial charge < -0.3 is 4.90 Å². The van der Waals surface area contributed by atoms with Gasteiger partial charge in [-0.25, -0.2) is 13.4 Å². The molecule has 1 fully saturated rings. The quantitative estimate of drug-likeness (QED) is 0.397. The second-order valence-corrected chi connectivity index (χ2v) is 13.5. The molecular weight excluding hydrogens is 548 g/mol. The fourth-order valence-electron chi connectivity index (χ4n) is 4.46. The molecule has 188 valence electrons. The fraction of sp³-hybridized carbons (Fsp3) is 0.440. The van der Waals surface area contributed by atoms with Crippen molar-refractivity contribution in [3.05, 3.63) is 52.5 Å². The molecule has 4 rings (SSSR count). The maximum absolute atomic E-state index is 13.6. The Bertz CT molecular complexity index is 1300. The third-order valence-corrected chi connectivity index (χ3v) is 9.54. The molecule has 7 nitrogen and oxygen atoms in total. The summed E-state index contributed by atoms with van der Waals surface area (Å²) in [7, 11) is 0.318. The predicted octanol–water partition coefficient (Wildman–Crippen LogP) is 4.93. The topological polar surface area (TPSA) is 73.8 Å². The third kappa shape index (κ3) is 5.94. The molecule has 0 saturated carbocycles. The van der Waals surface area contributed by atoms with E-state index in [2.05, 4.69) is 29.8 Å². The summed E-state index contributed by atoms with van der Waals surface area (Å²) < 4.78 is 30.0. The number of benzene rings is 2. The standard InChI is InChI=1S/C25H31BrN4O3S2/c1-17-13-18(2)16-29(15-17)35(32,33)21-8-5-19(6-9-21)24(31)30(12-11-28(3)4)25-27-22-10-7-20(26)14-23(22)34-25/h5-10,14,17-18H,11-13,15-16H2,1-4H3. The lowest BCUT2D eigenvalue weighted by atomic mass is 9.94. The Kier molecular flexibility index (Phi) is 7.97. The zero-order chi connectivity index (χ0) is 25.3. The molecule has 1 amide bonds. The van der Waals surface area contributed by atoms with Crippen molar-refractivity contribution in [3.8, 4) is 0 Å². The zero-order valence-corrected chi connectivity index (χ0v) is 23.7. The normalized spacial score (nSPS) is 19.4. The third-order valence-electron chi connectivity index (χ3n) is 6.16. The van der Waals surface area contributed by atoms with Crippen molar-refractivity contribution in [2.75, 3.05) is 45.2 Å². The van der Waals surface area contributed by atoms with Gasteiger partial charge in [-0.1, -0.05) is 41.1 Å². The van der Waals surface area contributed by atoms with Gasteiger partial charge >= 0.3 is 0 Å². The first-order chi connectivity index (χ1) is 16.5. The number of aromatic nitrogens is 1. The highest BCUT2D eigenvalue weighted by Crippen LogP contribution is 2.32. The van der Waals surface area contributed by atoms with Crippen molar-refractivity contribution in [3.63, 3.8) is 0 Å². The Morgan fingerprint density at radius 3 is 2.37 bits per heavy atom. The number of hydrogen-bond donors (Lipinski definition) is 0. The Morgan fingerprint density at radius 2 is 1.74 bits per heavy atom. The van der Waals surface area contributed by atoms with Gasteiger partial charge in [0.2, 0.25) is 10.0 Å². The first kappa shape index (κ1) is 26.2. The van der Waals surface area contributed by atoms with E-state index in [0.29, 0.717) is 48.7 Å². The van der Waals surface area contributed by atoms with Crippen molar-refractivity contribution in [2.24, 2.45) is 11.8 Å². The minimum absolute atomic E-state index is 0.200. The van der Waals surface area contributed by atoms with Crippen molar-refractivity contribution in [1.82, 2.24) is 14.2 Å². The number of sulfonamides is 1. The number of fused-ring (bicyclic) bond motifs is 1. The fourth-order valence-corrected chi connectivity index (χ4v) is 7.68. The van der Waals surface area contributed by atoms with Crippen molar-refractivity contribution in [1.29, 1.82) is 0 Å². The van der Waals surface area contributed by atoms with Crippen molar-refractivity contribution >= 4 is 58.5 Å². The van der Waals surface area contributed by atoms with Gasteiger partial charge in [0.15, 0.2) is 5.13 Å². The number of amides is 1. The van der Waals surface area contributed by atoms with Crippen LogP contribution in [0.3, 0.4) is 0 Å². The summed E-state index contributed by atoms with van der Waals surface area (Å²) in [5, 5.41) is 0.623. The Labute approximate surface area is 219 Å². The van der Waals surface area contributed by atoms with Gasteiger partial charge in [-0.05, 0) is 74.8 Å². The number of thiazole rings is 1. The van der Waals surface area contributed by atoms with Crippen LogP contribution in [-0.4, -0.2) is 68.8 Å². The highest BCUT2D eigenvalue weighted by molar-refractivity contribution is 9.10. The molecule has 0 radical (unpaired) electrons. The first-order valence-corrected chi connectivity index (χ1v) is 14.7. The molecule has 1 aromatic heterocycles. The van der Waals surface area contributed by atoms with Crippen LogP contribution in [0.4, 0.5) is 5.13 Å². The summed E-state index contributed by atoms with van der Waals surface area (Å²) in [6, 6.07) is 12.2. The maximum Gasteiger partial charge on any atom is 0.260 e. The molecule has 2 unspecified atom stereocenters. The van der Waals surface area contributed by atoms with Gasteiger partial charge in [-0.3, -0.25) is 9.69 Å². The molecule has 10 heteroatoms. The number of nitrogens with zero attached hydrogens (tertiary/aromatic N) is 4. The van der Waals surface area contributed by atoms with E-state index in [9.17, 15) is 13.2 Å². The van der Waals surface area contributed by atoms with Crippen molar-refractivity contribution in [2.45, 2.75) is 25.2 Å². The van der Waals surface area contributed by atoms with Crippen LogP contribution in [0.1, 0.15) is 30.6 Å². The van der Waals surface area contributed by atoms with Gasteiger partial charge in [0, 0.05) is 36.2 Å². The van der Waals surface area contributed by atoms with E-state index < -0.39 is 10.0 Å². The Hall–Kier alpha value is -1.85. The zero-order valence-electron chi connectivity index (χ0n) is 20.4. The van der Waals surface area contributed by atoms with Gasteiger partial charge in [-0.2, -0.15) is 4.31 Å². The minimum atomic E-state index is -3.60. The van der Waals surface area contributed by atoms with Crippen LogP contribution in [-0.2, 0) is 10.0 Å². The van der Waals surface area contributed by atoms with Gasteiger partial charge in [0.25, 0.3) is 5.91 Å². The molecule has 2 aromatic carbocycles. The summed E-state index contributed by atoms with van der Waals surface area (Å²) in [5.74, 6) is 0.456. The van der Waals surface area contributed by atoms with E-state index in [1.165, 1.54) is 11.3 Å². The molecule has 0 bridgehead atoms. The highest BCUT2D eigenvalue weighted by atomic mass is 79.9. The first-order valence-electron chi connectivity index (χ1n) is 11.7. The van der Waals surface area contributed by atoms with Gasteiger partial charge in [-0.15, -0.1) is 0 Å². The Morgan fingerprint density at radius 1 is 1.09 bits per heavy atom. The summed E-state index contributed by atoms with van der Waals surface area (Å²) in [4.78, 5) is 22.2. The monoisotopic (exact) mass is 578 g/mol. The second kappa shape index (κ2) is 10.6. The van der Waals surface area contributed by atoms with E-state index in [1.807, 2.05) is 37.2 Å². The summed E-state index contributed by atoms with van der Waals surface area (Å²) >= 11 is 4.95. The average Bonchev–Trinajstić information content (AvgIpc) is 3.21. The number of likely N-dealkylation sites (N-methyl/N-ethyl adjacent to an activating group) is 1. The minimum Gasteiger partial charge on any atom is -0.308 e. The molecule has 0 aliphatic carbocycles. The van der Waals surface area contributed by atoms with Crippen LogP contribution in [0.2, 0.25) is 0 Å². The van der Waals surface area contributed by atoms with Crippen LogP contribution in [0, 0.1) is 11.8 Å². The second-order valence-electron chi connectivity index (χ2n) is 9.66. The number of carbonyl (C=O) groups is 1. The van der Waals surface area contributed by atoms with E-state index in [1.54, 1.807) is 33.5 Å². The summed E-state index contributed by atoms with van der Waals surface area (Å²) in [6.45, 7) is 6.37. The van der Waals surface area contributed by atoms with E-state index in [4.69, 9.17) is 4.98 Å². The summed E-state index contributed by atoms with van der Waals surface area (Å²) in [5.41, 5.74) is 1.27. The predicted molar refractivity (Wildman–Crippen MR) is 146 cm³/mol. The van der Waals surface area contributed by atoms with Gasteiger partial charge in [0.05, 0.1) is 15.1 Å². The number of hydrogen-bond acceptors (Lipinski definition) is 6. The molecule has 2 heterocycles. The van der Waals surface area contributed by atoms with Crippen molar-refractivity contribution < 1.29 is 13.2 Å². The lowest BCUT2D eigenvalue weighted by Crippen LogP contribution is -2.42. The molecule has 0 spiro atoms. The number of anilines is 1. The van der Waals surface area contributed by atoms with E-state index in [-0.39, 0.29) is 10.8 Å². The average molecular weight is 580 g/mol. The number of piperidine rings is 1. The van der Waals surface area contributed by atoms with Crippen LogP contribution in [0.15, 0.2) is 51.8 Å². The molecule has 1 aliphatic heterocycles. The lowest BCUT2D eigenvalue weighted by molar-refractivity contribution is 0.0985. The molecule has 2 atom stereocenters. The highest BCUT2D eigenvalue weighted by Gasteiger charge is 2.32. The maximum atomic E-state index is 13.6. The van der Waals surface area contributed by atoms with Crippen LogP contribution < -0.4 is 4.90 Å². The van der Waals surface area contributed by atoms with Crippen LogP contribution >= 0.6 is 27.3 Å². The number of carbonyl (C=O) groups excluding carboxylic acids is 1. The van der Waals surface area contributed by atoms with Crippen LogP contribution in [0.25, 0.3) is 10.2 Å². The largest absolute Gasteiger partial charge is 0.308 e. The molecule has 0 N–H and O–H groups in total. The van der Waals surface area contributed by atoms with E-state index >= 15 is 0 Å². The smallest absolute Gasteiger partial charge is 0.260 e. The SMILES string of the molecule is CC1CC(C)CN(S(=O)(=O)c2ccc(C(=O)N(CCN(C)C)c3nc4ccc(Br)cc4s3)cc2)C1. The molecular formula is C25H31BrN4O3S2. The Balaban J connectivity index is 1.60. The number of halogens is 1. The summed E-state index contributed by atoms with van der Waals surface area (Å²) in [6.07, 6.45) is 1.03. The molecule has 35 heavy (non-hydrogen) atoms.